The first-order valence-electron chi connectivity index (χ1n) is 6.21. The summed E-state index contributed by atoms with van der Waals surface area (Å²) < 4.78 is 0. The molecule has 0 bridgehead atoms. The van der Waals surface area contributed by atoms with Gasteiger partial charge in [-0.1, -0.05) is 6.92 Å². The van der Waals surface area contributed by atoms with Gasteiger partial charge in [0, 0.05) is 11.7 Å². The summed E-state index contributed by atoms with van der Waals surface area (Å²) in [7, 11) is 0. The average molecular weight is 219 g/mol. The first kappa shape index (κ1) is 11.3. The summed E-state index contributed by atoms with van der Waals surface area (Å²) in [5.41, 5.74) is 2.29. The highest BCUT2D eigenvalue weighted by molar-refractivity contribution is 5.53. The van der Waals surface area contributed by atoms with Gasteiger partial charge in [0.15, 0.2) is 0 Å². The smallest absolute Gasteiger partial charge is 0.115 e. The molecule has 1 aliphatic rings. The van der Waals surface area contributed by atoms with Crippen molar-refractivity contribution in [2.24, 2.45) is 5.92 Å². The fraction of sp³-hybridized carbons (Fsp3) is 0.571. The van der Waals surface area contributed by atoms with Gasteiger partial charge in [-0.05, 0) is 62.3 Å². The Labute approximate surface area is 97.7 Å². The lowest BCUT2D eigenvalue weighted by molar-refractivity contribution is 0.361. The molecule has 2 heteroatoms. The van der Waals surface area contributed by atoms with Crippen LogP contribution >= 0.6 is 0 Å². The van der Waals surface area contributed by atoms with Crippen LogP contribution in [0, 0.1) is 12.8 Å². The minimum atomic E-state index is 0.348. The maximum absolute atomic E-state index is 9.35. The number of nitrogens with one attached hydrogen (secondary N) is 1. The second kappa shape index (κ2) is 4.77. The Bertz CT molecular complexity index is 354. The van der Waals surface area contributed by atoms with Crippen molar-refractivity contribution in [1.82, 2.24) is 0 Å². The number of aromatic hydroxyl groups is 1. The van der Waals surface area contributed by atoms with Crippen molar-refractivity contribution >= 4 is 5.69 Å². The molecule has 0 radical (unpaired) electrons. The van der Waals surface area contributed by atoms with Gasteiger partial charge in [0.1, 0.15) is 5.75 Å². The minimum Gasteiger partial charge on any atom is -0.508 e. The molecule has 2 N–H and O–H groups in total. The van der Waals surface area contributed by atoms with E-state index >= 15 is 0 Å². The molecular formula is C14H21NO. The van der Waals surface area contributed by atoms with E-state index in [0.29, 0.717) is 11.8 Å². The molecule has 0 aliphatic heterocycles. The molecule has 1 fully saturated rings. The number of phenols is 1. The van der Waals surface area contributed by atoms with Crippen LogP contribution in [0.5, 0.6) is 5.75 Å². The Morgan fingerprint density at radius 3 is 2.50 bits per heavy atom. The van der Waals surface area contributed by atoms with Gasteiger partial charge in [-0.2, -0.15) is 0 Å². The third-order valence-electron chi connectivity index (χ3n) is 3.59. The zero-order valence-electron chi connectivity index (χ0n) is 10.2. The highest BCUT2D eigenvalue weighted by Crippen LogP contribution is 2.28. The van der Waals surface area contributed by atoms with Crippen molar-refractivity contribution in [2.75, 3.05) is 5.32 Å². The monoisotopic (exact) mass is 219 g/mol. The van der Waals surface area contributed by atoms with E-state index in [9.17, 15) is 5.11 Å². The molecule has 0 aromatic heterocycles. The summed E-state index contributed by atoms with van der Waals surface area (Å²) in [5.74, 6) is 1.24. The molecule has 1 aliphatic carbocycles. The Morgan fingerprint density at radius 1 is 1.19 bits per heavy atom. The van der Waals surface area contributed by atoms with E-state index in [2.05, 4.69) is 12.2 Å². The topological polar surface area (TPSA) is 32.3 Å². The average Bonchev–Trinajstić information content (AvgIpc) is 2.25. The molecule has 1 aromatic carbocycles. The third kappa shape index (κ3) is 2.69. The number of benzene rings is 1. The van der Waals surface area contributed by atoms with Crippen LogP contribution in [0.3, 0.4) is 0 Å². The number of rotatable bonds is 2. The Morgan fingerprint density at radius 2 is 1.88 bits per heavy atom. The van der Waals surface area contributed by atoms with E-state index in [1.807, 2.05) is 19.1 Å². The zero-order chi connectivity index (χ0) is 11.5. The van der Waals surface area contributed by atoms with Crippen LogP contribution in [0.2, 0.25) is 0 Å². The number of hydrogen-bond acceptors (Lipinski definition) is 2. The molecule has 16 heavy (non-hydrogen) atoms. The molecule has 0 atom stereocenters. The molecule has 0 saturated heterocycles. The predicted molar refractivity (Wildman–Crippen MR) is 67.9 cm³/mol. The molecule has 1 aromatic rings. The summed E-state index contributed by atoms with van der Waals surface area (Å²) in [6, 6.07) is 6.15. The van der Waals surface area contributed by atoms with Gasteiger partial charge in [0.2, 0.25) is 0 Å². The van der Waals surface area contributed by atoms with Crippen molar-refractivity contribution < 1.29 is 5.11 Å². The van der Waals surface area contributed by atoms with Gasteiger partial charge in [0.05, 0.1) is 0 Å². The standard InChI is InChI=1S/C14H21NO/c1-10-3-5-12(6-4-10)15-14-8-7-13(16)9-11(14)2/h7-10,12,15-16H,3-6H2,1-2H3. The quantitative estimate of drug-likeness (QED) is 0.743. The SMILES string of the molecule is Cc1cc(O)ccc1NC1CCC(C)CC1. The van der Waals surface area contributed by atoms with E-state index in [0.717, 1.165) is 17.2 Å². The van der Waals surface area contributed by atoms with E-state index in [1.54, 1.807) is 6.07 Å². The molecule has 0 heterocycles. The Kier molecular flexibility index (Phi) is 3.37. The maximum Gasteiger partial charge on any atom is 0.115 e. The van der Waals surface area contributed by atoms with Gasteiger partial charge < -0.3 is 10.4 Å². The first-order valence-corrected chi connectivity index (χ1v) is 6.21. The van der Waals surface area contributed by atoms with Gasteiger partial charge in [-0.3, -0.25) is 0 Å². The van der Waals surface area contributed by atoms with Crippen LogP contribution in [0.1, 0.15) is 38.2 Å². The lowest BCUT2D eigenvalue weighted by Gasteiger charge is -2.28. The second-order valence-electron chi connectivity index (χ2n) is 5.10. The van der Waals surface area contributed by atoms with Crippen molar-refractivity contribution in [3.8, 4) is 5.75 Å². The summed E-state index contributed by atoms with van der Waals surface area (Å²) in [5, 5.41) is 12.9. The van der Waals surface area contributed by atoms with Gasteiger partial charge >= 0.3 is 0 Å². The largest absolute Gasteiger partial charge is 0.508 e. The lowest BCUT2D eigenvalue weighted by atomic mass is 9.87. The highest BCUT2D eigenvalue weighted by atomic mass is 16.3. The fourth-order valence-electron chi connectivity index (χ4n) is 2.43. The number of phenolic OH excluding ortho intramolecular Hbond substituents is 1. The normalized spacial score (nSPS) is 25.4. The second-order valence-corrected chi connectivity index (χ2v) is 5.10. The van der Waals surface area contributed by atoms with Crippen LogP contribution in [-0.4, -0.2) is 11.1 Å². The van der Waals surface area contributed by atoms with E-state index in [4.69, 9.17) is 0 Å². The molecule has 0 unspecified atom stereocenters. The Hall–Kier alpha value is -1.18. The van der Waals surface area contributed by atoms with Crippen LogP contribution < -0.4 is 5.32 Å². The molecular weight excluding hydrogens is 198 g/mol. The number of aryl methyl sites for hydroxylation is 1. The lowest BCUT2D eigenvalue weighted by Crippen LogP contribution is -2.25. The van der Waals surface area contributed by atoms with Crippen molar-refractivity contribution in [3.63, 3.8) is 0 Å². The van der Waals surface area contributed by atoms with Gasteiger partial charge in [-0.15, -0.1) is 0 Å². The van der Waals surface area contributed by atoms with Crippen molar-refractivity contribution in [1.29, 1.82) is 0 Å². The van der Waals surface area contributed by atoms with E-state index in [-0.39, 0.29) is 0 Å². The zero-order valence-corrected chi connectivity index (χ0v) is 10.2. The van der Waals surface area contributed by atoms with Gasteiger partial charge in [-0.25, -0.2) is 0 Å². The summed E-state index contributed by atoms with van der Waals surface area (Å²) in [4.78, 5) is 0. The summed E-state index contributed by atoms with van der Waals surface area (Å²) >= 11 is 0. The number of hydrogen-bond donors (Lipinski definition) is 2. The van der Waals surface area contributed by atoms with Crippen LogP contribution in [0.25, 0.3) is 0 Å². The molecule has 2 nitrogen and oxygen atoms in total. The Balaban J connectivity index is 1.98. The third-order valence-corrected chi connectivity index (χ3v) is 3.59. The van der Waals surface area contributed by atoms with E-state index in [1.165, 1.54) is 25.7 Å². The first-order chi connectivity index (χ1) is 7.65. The minimum absolute atomic E-state index is 0.348. The highest BCUT2D eigenvalue weighted by Gasteiger charge is 2.18. The molecule has 88 valence electrons. The van der Waals surface area contributed by atoms with Crippen molar-refractivity contribution in [2.45, 2.75) is 45.6 Å². The maximum atomic E-state index is 9.35. The van der Waals surface area contributed by atoms with Crippen LogP contribution in [0.4, 0.5) is 5.69 Å². The fourth-order valence-corrected chi connectivity index (χ4v) is 2.43. The predicted octanol–water partition coefficient (Wildman–Crippen LogP) is 3.69. The van der Waals surface area contributed by atoms with Crippen LogP contribution in [0.15, 0.2) is 18.2 Å². The van der Waals surface area contributed by atoms with Crippen LogP contribution in [-0.2, 0) is 0 Å². The van der Waals surface area contributed by atoms with Gasteiger partial charge in [0.25, 0.3) is 0 Å². The molecule has 0 amide bonds. The number of anilines is 1. The molecule has 2 rings (SSSR count). The van der Waals surface area contributed by atoms with Crippen molar-refractivity contribution in [3.05, 3.63) is 23.8 Å². The molecule has 1 saturated carbocycles. The molecule has 0 spiro atoms. The van der Waals surface area contributed by atoms with E-state index < -0.39 is 0 Å². The summed E-state index contributed by atoms with van der Waals surface area (Å²) in [6.45, 7) is 4.37. The summed E-state index contributed by atoms with van der Waals surface area (Å²) in [6.07, 6.45) is 5.19.